The molecule has 1 N–H and O–H groups in total. The number of hydrogen-bond donors (Lipinski definition) is 1. The van der Waals surface area contributed by atoms with Crippen LogP contribution in [0.2, 0.25) is 10.0 Å². The number of carbonyl (C=O) groups excluding carboxylic acids is 2. The number of halogens is 2. The monoisotopic (exact) mass is 589 g/mol. The first kappa shape index (κ1) is 30.5. The first-order valence-corrected chi connectivity index (χ1v) is 15.1. The van der Waals surface area contributed by atoms with Crippen molar-refractivity contribution in [2.24, 2.45) is 5.92 Å². The number of amides is 2. The van der Waals surface area contributed by atoms with Gasteiger partial charge in [0.15, 0.2) is 0 Å². The van der Waals surface area contributed by atoms with E-state index in [2.05, 4.69) is 5.32 Å². The maximum Gasteiger partial charge on any atom is 0.244 e. The molecule has 0 fully saturated rings. The molecule has 0 spiro atoms. The van der Waals surface area contributed by atoms with Crippen molar-refractivity contribution in [3.63, 3.8) is 0 Å². The van der Waals surface area contributed by atoms with E-state index in [1.54, 1.807) is 36.4 Å². The maximum atomic E-state index is 14.0. The molecule has 0 heterocycles. The van der Waals surface area contributed by atoms with Gasteiger partial charge in [0, 0.05) is 29.6 Å². The minimum absolute atomic E-state index is 0.0547. The Morgan fingerprint density at radius 3 is 2.08 bits per heavy atom. The second kappa shape index (κ2) is 13.8. The summed E-state index contributed by atoms with van der Waals surface area (Å²) in [5, 5.41) is 3.77. The third-order valence-corrected chi connectivity index (χ3v) is 7.58. The number of hydrogen-bond acceptors (Lipinski definition) is 4. The van der Waals surface area contributed by atoms with Crippen molar-refractivity contribution in [3.05, 3.63) is 100 Å². The summed E-state index contributed by atoms with van der Waals surface area (Å²) in [6.07, 6.45) is 1.27. The first-order chi connectivity index (χ1) is 18.4. The van der Waals surface area contributed by atoms with Gasteiger partial charge in [0.1, 0.15) is 12.6 Å². The van der Waals surface area contributed by atoms with E-state index < -0.39 is 28.5 Å². The number of benzene rings is 3. The molecule has 1 atom stereocenters. The minimum atomic E-state index is -3.86. The molecule has 0 aliphatic heterocycles. The fourth-order valence-corrected chi connectivity index (χ4v) is 5.29. The average Bonchev–Trinajstić information content (AvgIpc) is 2.87. The van der Waals surface area contributed by atoms with Crippen LogP contribution >= 0.6 is 23.2 Å². The summed E-state index contributed by atoms with van der Waals surface area (Å²) < 4.78 is 26.6. The standard InChI is InChI=1S/C29H33Cl2N3O4S/c1-21(2)18-32-29(36)27(16-22-9-5-4-6-10-22)33(19-23-11-7-12-24(30)15-23)28(35)20-34(39(3,37)38)26-14-8-13-25(31)17-26/h4-15,17,21,27H,16,18-20H2,1-3H3,(H,32,36)/t27-/m0/s1. The van der Waals surface area contributed by atoms with Gasteiger partial charge < -0.3 is 10.2 Å². The zero-order valence-electron chi connectivity index (χ0n) is 22.2. The van der Waals surface area contributed by atoms with Crippen LogP contribution in [0.15, 0.2) is 78.9 Å². The number of sulfonamides is 1. The Labute approximate surface area is 240 Å². The largest absolute Gasteiger partial charge is 0.354 e. The molecule has 0 bridgehead atoms. The van der Waals surface area contributed by atoms with Crippen molar-refractivity contribution in [3.8, 4) is 0 Å². The van der Waals surface area contributed by atoms with Crippen molar-refractivity contribution < 1.29 is 18.0 Å². The van der Waals surface area contributed by atoms with Crippen molar-refractivity contribution in [1.29, 1.82) is 0 Å². The molecule has 3 aromatic carbocycles. The molecule has 0 aromatic heterocycles. The highest BCUT2D eigenvalue weighted by Crippen LogP contribution is 2.23. The van der Waals surface area contributed by atoms with Crippen LogP contribution in [0.5, 0.6) is 0 Å². The SMILES string of the molecule is CC(C)CNC(=O)[C@H](Cc1ccccc1)N(Cc1cccc(Cl)c1)C(=O)CN(c1cccc(Cl)c1)S(C)(=O)=O. The van der Waals surface area contributed by atoms with Crippen LogP contribution in [0.3, 0.4) is 0 Å². The molecule has 208 valence electrons. The van der Waals surface area contributed by atoms with Crippen LogP contribution in [0.25, 0.3) is 0 Å². The minimum Gasteiger partial charge on any atom is -0.354 e. The Morgan fingerprint density at radius 1 is 0.872 bits per heavy atom. The second-order valence-corrected chi connectivity index (χ2v) is 12.5. The first-order valence-electron chi connectivity index (χ1n) is 12.5. The van der Waals surface area contributed by atoms with Crippen LogP contribution in [0.1, 0.15) is 25.0 Å². The maximum absolute atomic E-state index is 14.0. The summed E-state index contributed by atoms with van der Waals surface area (Å²) in [7, 11) is -3.86. The summed E-state index contributed by atoms with van der Waals surface area (Å²) >= 11 is 12.3. The van der Waals surface area contributed by atoms with E-state index >= 15 is 0 Å². The number of carbonyl (C=O) groups is 2. The Balaban J connectivity index is 2.05. The fourth-order valence-electron chi connectivity index (χ4n) is 4.05. The molecule has 39 heavy (non-hydrogen) atoms. The highest BCUT2D eigenvalue weighted by atomic mass is 35.5. The van der Waals surface area contributed by atoms with Crippen molar-refractivity contribution >= 4 is 50.7 Å². The van der Waals surface area contributed by atoms with E-state index in [9.17, 15) is 18.0 Å². The van der Waals surface area contributed by atoms with Gasteiger partial charge in [-0.2, -0.15) is 0 Å². The zero-order chi connectivity index (χ0) is 28.6. The average molecular weight is 591 g/mol. The van der Waals surface area contributed by atoms with Gasteiger partial charge in [-0.15, -0.1) is 0 Å². The van der Waals surface area contributed by atoms with Crippen LogP contribution < -0.4 is 9.62 Å². The second-order valence-electron chi connectivity index (χ2n) is 9.75. The van der Waals surface area contributed by atoms with Gasteiger partial charge in [0.05, 0.1) is 11.9 Å². The summed E-state index contributed by atoms with van der Waals surface area (Å²) in [6.45, 7) is 3.94. The Bertz CT molecular complexity index is 1380. The number of nitrogens with zero attached hydrogens (tertiary/aromatic N) is 2. The Hall–Kier alpha value is -3.07. The van der Waals surface area contributed by atoms with Crippen molar-refractivity contribution in [2.75, 3.05) is 23.7 Å². The Kier molecular flexibility index (Phi) is 10.8. The predicted molar refractivity (Wildman–Crippen MR) is 157 cm³/mol. The quantitative estimate of drug-likeness (QED) is 0.315. The molecular weight excluding hydrogens is 557 g/mol. The fraction of sp³-hybridized carbons (Fsp3) is 0.310. The third-order valence-electron chi connectivity index (χ3n) is 5.97. The van der Waals surface area contributed by atoms with Gasteiger partial charge in [-0.25, -0.2) is 8.42 Å². The number of nitrogens with one attached hydrogen (secondary N) is 1. The molecule has 10 heteroatoms. The molecule has 0 saturated heterocycles. The van der Waals surface area contributed by atoms with Gasteiger partial charge in [0.25, 0.3) is 0 Å². The van der Waals surface area contributed by atoms with Gasteiger partial charge >= 0.3 is 0 Å². The van der Waals surface area contributed by atoms with Crippen LogP contribution in [0.4, 0.5) is 5.69 Å². The van der Waals surface area contributed by atoms with Gasteiger partial charge in [-0.1, -0.05) is 85.6 Å². The van der Waals surface area contributed by atoms with E-state index in [-0.39, 0.29) is 30.5 Å². The predicted octanol–water partition coefficient (Wildman–Crippen LogP) is 5.17. The van der Waals surface area contributed by atoms with Gasteiger partial charge in [-0.05, 0) is 47.4 Å². The summed E-state index contributed by atoms with van der Waals surface area (Å²) in [5.74, 6) is -0.662. The molecule has 3 rings (SSSR count). The summed E-state index contributed by atoms with van der Waals surface area (Å²) in [4.78, 5) is 29.0. The zero-order valence-corrected chi connectivity index (χ0v) is 24.5. The topological polar surface area (TPSA) is 86.8 Å². The van der Waals surface area contributed by atoms with E-state index in [1.807, 2.05) is 50.2 Å². The van der Waals surface area contributed by atoms with E-state index in [0.29, 0.717) is 22.2 Å². The van der Waals surface area contributed by atoms with Crippen LogP contribution in [0, 0.1) is 5.92 Å². The van der Waals surface area contributed by atoms with Crippen LogP contribution in [-0.4, -0.2) is 50.5 Å². The van der Waals surface area contributed by atoms with Gasteiger partial charge in [0.2, 0.25) is 21.8 Å². The molecule has 0 unspecified atom stereocenters. The number of anilines is 1. The van der Waals surface area contributed by atoms with Crippen molar-refractivity contribution in [1.82, 2.24) is 10.2 Å². The normalized spacial score (nSPS) is 12.2. The lowest BCUT2D eigenvalue weighted by molar-refractivity contribution is -0.140. The molecular formula is C29H33Cl2N3O4S. The van der Waals surface area contributed by atoms with Crippen molar-refractivity contribution in [2.45, 2.75) is 32.9 Å². The molecule has 7 nitrogen and oxygen atoms in total. The highest BCUT2D eigenvalue weighted by molar-refractivity contribution is 7.92. The third kappa shape index (κ3) is 9.27. The van der Waals surface area contributed by atoms with E-state index in [1.165, 1.54) is 11.0 Å². The molecule has 0 aliphatic rings. The molecule has 0 radical (unpaired) electrons. The summed E-state index contributed by atoms with van der Waals surface area (Å²) in [6, 6.07) is 21.8. The lowest BCUT2D eigenvalue weighted by Gasteiger charge is -2.33. The Morgan fingerprint density at radius 2 is 1.49 bits per heavy atom. The highest BCUT2D eigenvalue weighted by Gasteiger charge is 2.33. The van der Waals surface area contributed by atoms with Crippen LogP contribution in [-0.2, 0) is 32.6 Å². The molecule has 0 aliphatic carbocycles. The van der Waals surface area contributed by atoms with E-state index in [4.69, 9.17) is 23.2 Å². The lowest BCUT2D eigenvalue weighted by atomic mass is 10.0. The smallest absolute Gasteiger partial charge is 0.244 e. The molecule has 3 aromatic rings. The summed E-state index contributed by atoms with van der Waals surface area (Å²) in [5.41, 5.74) is 1.82. The van der Waals surface area contributed by atoms with E-state index in [0.717, 1.165) is 16.1 Å². The van der Waals surface area contributed by atoms with Gasteiger partial charge in [-0.3, -0.25) is 13.9 Å². The molecule has 0 saturated carbocycles. The lowest BCUT2D eigenvalue weighted by Crippen LogP contribution is -2.53. The number of rotatable bonds is 12. The molecule has 2 amide bonds.